The zero-order chi connectivity index (χ0) is 18.5. The summed E-state index contributed by atoms with van der Waals surface area (Å²) in [6.07, 6.45) is 0.620. The van der Waals surface area contributed by atoms with Crippen molar-refractivity contribution in [1.29, 1.82) is 0 Å². The lowest BCUT2D eigenvalue weighted by Crippen LogP contribution is -2.45. The molecule has 2 N–H and O–H groups in total. The number of allylic oxidation sites excluding steroid dienone is 1. The van der Waals surface area contributed by atoms with E-state index in [4.69, 9.17) is 16.3 Å². The van der Waals surface area contributed by atoms with E-state index >= 15 is 0 Å². The van der Waals surface area contributed by atoms with E-state index in [0.717, 1.165) is 5.56 Å². The van der Waals surface area contributed by atoms with Crippen molar-refractivity contribution in [3.8, 4) is 0 Å². The number of benzene rings is 2. The van der Waals surface area contributed by atoms with Gasteiger partial charge in [0.1, 0.15) is 0 Å². The summed E-state index contributed by atoms with van der Waals surface area (Å²) in [6, 6.07) is 15.9. The summed E-state index contributed by atoms with van der Waals surface area (Å²) >= 11 is 6.26. The Kier molecular flexibility index (Phi) is 5.58. The van der Waals surface area contributed by atoms with Gasteiger partial charge in [-0.25, -0.2) is 9.59 Å². The monoisotopic (exact) mass is 370 g/mol. The van der Waals surface area contributed by atoms with Crippen LogP contribution in [0, 0.1) is 0 Å². The van der Waals surface area contributed by atoms with Gasteiger partial charge in [-0.05, 0) is 24.1 Å². The van der Waals surface area contributed by atoms with Crippen LogP contribution >= 0.6 is 11.6 Å². The maximum absolute atomic E-state index is 12.7. The first-order valence-electron chi connectivity index (χ1n) is 8.30. The number of carbonyl (C=O) groups is 2. The van der Waals surface area contributed by atoms with E-state index in [9.17, 15) is 9.59 Å². The molecule has 6 heteroatoms. The number of hydrogen-bond donors (Lipinski definition) is 2. The van der Waals surface area contributed by atoms with E-state index in [-0.39, 0.29) is 12.6 Å². The number of urea groups is 1. The van der Waals surface area contributed by atoms with Gasteiger partial charge < -0.3 is 15.4 Å². The molecule has 1 heterocycles. The van der Waals surface area contributed by atoms with Crippen molar-refractivity contribution >= 4 is 23.6 Å². The number of esters is 1. The summed E-state index contributed by atoms with van der Waals surface area (Å²) in [4.78, 5) is 24.6. The van der Waals surface area contributed by atoms with Crippen LogP contribution in [0.2, 0.25) is 5.02 Å². The van der Waals surface area contributed by atoms with Crippen LogP contribution in [-0.4, -0.2) is 18.6 Å². The molecule has 26 heavy (non-hydrogen) atoms. The number of hydrogen-bond acceptors (Lipinski definition) is 3. The van der Waals surface area contributed by atoms with E-state index in [1.165, 1.54) is 0 Å². The topological polar surface area (TPSA) is 67.4 Å². The van der Waals surface area contributed by atoms with Gasteiger partial charge in [-0.15, -0.1) is 0 Å². The number of carbonyl (C=O) groups excluding carboxylic acids is 2. The Hall–Kier alpha value is -2.79. The van der Waals surface area contributed by atoms with Gasteiger partial charge in [-0.2, -0.15) is 0 Å². The Morgan fingerprint density at radius 2 is 1.81 bits per heavy atom. The van der Waals surface area contributed by atoms with Crippen molar-refractivity contribution in [3.05, 3.63) is 82.0 Å². The third kappa shape index (κ3) is 4.06. The molecule has 5 nitrogen and oxygen atoms in total. The second-order valence-corrected chi connectivity index (χ2v) is 6.37. The van der Waals surface area contributed by atoms with Gasteiger partial charge in [0.15, 0.2) is 0 Å². The summed E-state index contributed by atoms with van der Waals surface area (Å²) in [6.45, 7) is 1.93. The molecule has 1 aliphatic heterocycles. The van der Waals surface area contributed by atoms with Gasteiger partial charge in [-0.1, -0.05) is 60.1 Å². The highest BCUT2D eigenvalue weighted by atomic mass is 35.5. The minimum Gasteiger partial charge on any atom is -0.462 e. The maximum Gasteiger partial charge on any atom is 0.338 e. The van der Waals surface area contributed by atoms with Gasteiger partial charge in [0, 0.05) is 17.1 Å². The third-order valence-electron chi connectivity index (χ3n) is 4.17. The van der Waals surface area contributed by atoms with Crippen molar-refractivity contribution in [2.45, 2.75) is 19.4 Å². The fraction of sp³-hybridized carbons (Fsp3) is 0.200. The highest BCUT2D eigenvalue weighted by Gasteiger charge is 2.33. The molecule has 0 radical (unpaired) electrons. The molecule has 0 fully saturated rings. The van der Waals surface area contributed by atoms with Crippen molar-refractivity contribution in [2.24, 2.45) is 0 Å². The van der Waals surface area contributed by atoms with E-state index in [0.29, 0.717) is 28.3 Å². The van der Waals surface area contributed by atoms with E-state index in [1.54, 1.807) is 25.1 Å². The Bertz CT molecular complexity index is 849. The number of amides is 2. The summed E-state index contributed by atoms with van der Waals surface area (Å²) in [5.41, 5.74) is 2.55. The van der Waals surface area contributed by atoms with Crippen molar-refractivity contribution in [3.63, 3.8) is 0 Å². The van der Waals surface area contributed by atoms with E-state index in [1.807, 2.05) is 36.4 Å². The molecule has 1 aliphatic rings. The average Bonchev–Trinajstić information content (AvgIpc) is 2.62. The van der Waals surface area contributed by atoms with E-state index in [2.05, 4.69) is 10.6 Å². The smallest absolute Gasteiger partial charge is 0.338 e. The highest BCUT2D eigenvalue weighted by Crippen LogP contribution is 2.31. The summed E-state index contributed by atoms with van der Waals surface area (Å²) in [5, 5.41) is 5.85. The van der Waals surface area contributed by atoms with Crippen molar-refractivity contribution in [1.82, 2.24) is 10.6 Å². The van der Waals surface area contributed by atoms with Crippen LogP contribution in [-0.2, 0) is 16.0 Å². The Balaban J connectivity index is 1.78. The minimum absolute atomic E-state index is 0.253. The predicted molar refractivity (Wildman–Crippen MR) is 99.7 cm³/mol. The molecule has 0 saturated heterocycles. The standard InChI is InChI=1S/C20H19ClN2O3/c1-13-17(19(24)26-12-11-14-7-3-2-4-8-14)18(23-20(25)22-13)15-9-5-6-10-16(15)21/h2-10,18H,11-12H2,1H3,(H2,22,23,25)/t18-/m0/s1. The number of nitrogens with one attached hydrogen (secondary N) is 2. The quantitative estimate of drug-likeness (QED) is 0.787. The highest BCUT2D eigenvalue weighted by molar-refractivity contribution is 6.31. The molecule has 1 atom stereocenters. The van der Waals surface area contributed by atoms with Gasteiger partial charge in [-0.3, -0.25) is 0 Å². The summed E-state index contributed by atoms with van der Waals surface area (Å²) in [7, 11) is 0. The first kappa shape index (κ1) is 18.0. The normalized spacial score (nSPS) is 16.7. The van der Waals surface area contributed by atoms with Crippen LogP contribution in [0.3, 0.4) is 0 Å². The fourth-order valence-corrected chi connectivity index (χ4v) is 3.14. The molecule has 0 bridgehead atoms. The SMILES string of the molecule is CC1=C(C(=O)OCCc2ccccc2)[C@H](c2ccccc2Cl)NC(=O)N1. The lowest BCUT2D eigenvalue weighted by Gasteiger charge is -2.28. The molecule has 3 rings (SSSR count). The van der Waals surface area contributed by atoms with Gasteiger partial charge >= 0.3 is 12.0 Å². The lowest BCUT2D eigenvalue weighted by atomic mass is 9.95. The molecule has 0 unspecified atom stereocenters. The number of rotatable bonds is 5. The summed E-state index contributed by atoms with van der Waals surface area (Å²) < 4.78 is 5.45. The molecule has 0 aliphatic carbocycles. The molecule has 0 saturated carbocycles. The van der Waals surface area contributed by atoms with E-state index < -0.39 is 12.0 Å². The zero-order valence-corrected chi connectivity index (χ0v) is 15.0. The molecule has 2 amide bonds. The molecular weight excluding hydrogens is 352 g/mol. The largest absolute Gasteiger partial charge is 0.462 e. The van der Waals surface area contributed by atoms with Crippen LogP contribution in [0.15, 0.2) is 65.9 Å². The number of ether oxygens (including phenoxy) is 1. The number of halogens is 1. The van der Waals surface area contributed by atoms with Crippen LogP contribution in [0.1, 0.15) is 24.1 Å². The molecule has 0 aromatic heterocycles. The van der Waals surface area contributed by atoms with Crippen LogP contribution in [0.4, 0.5) is 4.79 Å². The van der Waals surface area contributed by atoms with Crippen molar-refractivity contribution < 1.29 is 14.3 Å². The van der Waals surface area contributed by atoms with Crippen LogP contribution in [0.25, 0.3) is 0 Å². The average molecular weight is 371 g/mol. The molecule has 2 aromatic rings. The Labute approximate surface area is 157 Å². The minimum atomic E-state index is -0.651. The van der Waals surface area contributed by atoms with Crippen LogP contribution in [0.5, 0.6) is 0 Å². The molecule has 2 aromatic carbocycles. The van der Waals surface area contributed by atoms with Crippen molar-refractivity contribution in [2.75, 3.05) is 6.61 Å². The second-order valence-electron chi connectivity index (χ2n) is 5.96. The lowest BCUT2D eigenvalue weighted by molar-refractivity contribution is -0.139. The van der Waals surface area contributed by atoms with Crippen LogP contribution < -0.4 is 10.6 Å². The van der Waals surface area contributed by atoms with Gasteiger partial charge in [0.2, 0.25) is 0 Å². The summed E-state index contributed by atoms with van der Waals surface area (Å²) in [5.74, 6) is -0.476. The molecular formula is C20H19ClN2O3. The first-order chi connectivity index (χ1) is 12.6. The van der Waals surface area contributed by atoms with Gasteiger partial charge in [0.25, 0.3) is 0 Å². The van der Waals surface area contributed by atoms with Gasteiger partial charge in [0.05, 0.1) is 18.2 Å². The first-order valence-corrected chi connectivity index (χ1v) is 8.68. The molecule has 0 spiro atoms. The second kappa shape index (κ2) is 8.06. The third-order valence-corrected chi connectivity index (χ3v) is 4.52. The zero-order valence-electron chi connectivity index (χ0n) is 14.3. The maximum atomic E-state index is 12.7. The fourth-order valence-electron chi connectivity index (χ4n) is 2.89. The predicted octanol–water partition coefficient (Wildman–Crippen LogP) is 3.75. The Morgan fingerprint density at radius 3 is 2.54 bits per heavy atom. The Morgan fingerprint density at radius 1 is 1.12 bits per heavy atom. The molecule has 134 valence electrons.